The zero-order chi connectivity index (χ0) is 15.0. The van der Waals surface area contributed by atoms with Gasteiger partial charge in [0.1, 0.15) is 0 Å². The van der Waals surface area contributed by atoms with Crippen LogP contribution in [0.2, 0.25) is 0 Å². The minimum atomic E-state index is -0.782. The lowest BCUT2D eigenvalue weighted by atomic mass is 10.2. The predicted octanol–water partition coefficient (Wildman–Crippen LogP) is 0.551. The average Bonchev–Trinajstić information content (AvgIpc) is 2.80. The largest absolute Gasteiger partial charge is 0.481 e. The molecule has 1 rings (SSSR count). The molecule has 3 N–H and O–H groups in total. The van der Waals surface area contributed by atoms with Gasteiger partial charge in [-0.25, -0.2) is 4.79 Å². The quantitative estimate of drug-likeness (QED) is 0.595. The standard InChI is InChI=1S/C13H23N3O4/c1-10(17)15-11-6-8-16(9-11)13(20)14-7-4-2-3-5-12(18)19/h11H,2-9H2,1H3,(H,14,20)(H,15,17)(H,18,19). The van der Waals surface area contributed by atoms with Crippen molar-refractivity contribution >= 4 is 17.9 Å². The number of nitrogens with zero attached hydrogens (tertiary/aromatic N) is 1. The number of unbranched alkanes of at least 4 members (excludes halogenated alkanes) is 2. The van der Waals surface area contributed by atoms with Crippen molar-refractivity contribution < 1.29 is 19.5 Å². The number of carboxylic acids is 1. The van der Waals surface area contributed by atoms with Crippen LogP contribution >= 0.6 is 0 Å². The maximum absolute atomic E-state index is 11.8. The van der Waals surface area contributed by atoms with Gasteiger partial charge in [-0.2, -0.15) is 0 Å². The molecule has 0 bridgehead atoms. The van der Waals surface area contributed by atoms with E-state index in [0.29, 0.717) is 26.1 Å². The maximum atomic E-state index is 11.8. The Morgan fingerprint density at radius 1 is 1.25 bits per heavy atom. The van der Waals surface area contributed by atoms with Crippen molar-refractivity contribution in [2.75, 3.05) is 19.6 Å². The third-order valence-electron chi connectivity index (χ3n) is 3.23. The lowest BCUT2D eigenvalue weighted by Crippen LogP contribution is -2.41. The molecule has 0 aliphatic carbocycles. The topological polar surface area (TPSA) is 98.7 Å². The van der Waals surface area contributed by atoms with Crippen molar-refractivity contribution in [1.82, 2.24) is 15.5 Å². The predicted molar refractivity (Wildman–Crippen MR) is 73.3 cm³/mol. The summed E-state index contributed by atoms with van der Waals surface area (Å²) >= 11 is 0. The van der Waals surface area contributed by atoms with E-state index in [4.69, 9.17) is 5.11 Å². The number of aliphatic carboxylic acids is 1. The third kappa shape index (κ3) is 6.40. The summed E-state index contributed by atoms with van der Waals surface area (Å²) in [7, 11) is 0. The lowest BCUT2D eigenvalue weighted by molar-refractivity contribution is -0.137. The van der Waals surface area contributed by atoms with Crippen LogP contribution in [-0.2, 0) is 9.59 Å². The summed E-state index contributed by atoms with van der Waals surface area (Å²) in [5.41, 5.74) is 0. The Bertz CT molecular complexity index is 360. The molecule has 1 atom stereocenters. The van der Waals surface area contributed by atoms with Crippen molar-refractivity contribution in [2.45, 2.75) is 45.1 Å². The Labute approximate surface area is 118 Å². The molecule has 114 valence electrons. The summed E-state index contributed by atoms with van der Waals surface area (Å²) < 4.78 is 0. The number of likely N-dealkylation sites (tertiary alicyclic amines) is 1. The number of rotatable bonds is 7. The molecule has 7 nitrogen and oxygen atoms in total. The minimum Gasteiger partial charge on any atom is -0.481 e. The van der Waals surface area contributed by atoms with Gasteiger partial charge in [-0.3, -0.25) is 9.59 Å². The number of carboxylic acid groups (broad SMARTS) is 1. The maximum Gasteiger partial charge on any atom is 0.317 e. The smallest absolute Gasteiger partial charge is 0.317 e. The second-order valence-corrected chi connectivity index (χ2v) is 5.07. The molecular formula is C13H23N3O4. The number of urea groups is 1. The van der Waals surface area contributed by atoms with Crippen LogP contribution in [0.25, 0.3) is 0 Å². The molecule has 20 heavy (non-hydrogen) atoms. The second-order valence-electron chi connectivity index (χ2n) is 5.07. The molecule has 1 unspecified atom stereocenters. The monoisotopic (exact) mass is 285 g/mol. The fourth-order valence-electron chi connectivity index (χ4n) is 2.24. The van der Waals surface area contributed by atoms with Gasteiger partial charge in [-0.15, -0.1) is 0 Å². The van der Waals surface area contributed by atoms with E-state index in [1.165, 1.54) is 6.92 Å². The van der Waals surface area contributed by atoms with Gasteiger partial charge in [0.25, 0.3) is 0 Å². The SMILES string of the molecule is CC(=O)NC1CCN(C(=O)NCCCCCC(=O)O)C1. The molecular weight excluding hydrogens is 262 g/mol. The number of nitrogens with one attached hydrogen (secondary N) is 2. The van der Waals surface area contributed by atoms with Gasteiger partial charge >= 0.3 is 12.0 Å². The van der Waals surface area contributed by atoms with Crippen LogP contribution in [-0.4, -0.2) is 53.6 Å². The van der Waals surface area contributed by atoms with E-state index in [1.54, 1.807) is 4.90 Å². The zero-order valence-electron chi connectivity index (χ0n) is 11.9. The van der Waals surface area contributed by atoms with E-state index in [1.807, 2.05) is 0 Å². The third-order valence-corrected chi connectivity index (χ3v) is 3.23. The molecule has 0 aromatic rings. The van der Waals surface area contributed by atoms with Gasteiger partial charge in [0.15, 0.2) is 0 Å². The van der Waals surface area contributed by atoms with Gasteiger partial charge in [0.2, 0.25) is 5.91 Å². The molecule has 0 saturated carbocycles. The summed E-state index contributed by atoms with van der Waals surface area (Å²) in [6, 6.07) is -0.0649. The summed E-state index contributed by atoms with van der Waals surface area (Å²) in [5, 5.41) is 14.1. The lowest BCUT2D eigenvalue weighted by Gasteiger charge is -2.17. The first-order valence-corrected chi connectivity index (χ1v) is 7.00. The first-order chi connectivity index (χ1) is 9.49. The Morgan fingerprint density at radius 2 is 2.00 bits per heavy atom. The van der Waals surface area contributed by atoms with E-state index in [2.05, 4.69) is 10.6 Å². The van der Waals surface area contributed by atoms with Crippen LogP contribution in [0.3, 0.4) is 0 Å². The Morgan fingerprint density at radius 3 is 2.65 bits per heavy atom. The van der Waals surface area contributed by atoms with Crippen molar-refractivity contribution in [3.8, 4) is 0 Å². The van der Waals surface area contributed by atoms with E-state index < -0.39 is 5.97 Å². The van der Waals surface area contributed by atoms with Gasteiger partial charge in [-0.05, 0) is 19.3 Å². The molecule has 1 saturated heterocycles. The fourth-order valence-corrected chi connectivity index (χ4v) is 2.24. The summed E-state index contributed by atoms with van der Waals surface area (Å²) in [6.07, 6.45) is 3.17. The molecule has 7 heteroatoms. The molecule has 1 aliphatic heterocycles. The molecule has 1 fully saturated rings. The molecule has 0 aromatic carbocycles. The van der Waals surface area contributed by atoms with Crippen LogP contribution in [0, 0.1) is 0 Å². The molecule has 1 aliphatic rings. The van der Waals surface area contributed by atoms with Crippen molar-refractivity contribution in [2.24, 2.45) is 0 Å². The number of carbonyl (C=O) groups is 3. The second kappa shape index (κ2) is 8.39. The average molecular weight is 285 g/mol. The summed E-state index contributed by atoms with van der Waals surface area (Å²) in [6.45, 7) is 3.22. The number of hydrogen-bond acceptors (Lipinski definition) is 3. The highest BCUT2D eigenvalue weighted by atomic mass is 16.4. The van der Waals surface area contributed by atoms with Crippen LogP contribution in [0.15, 0.2) is 0 Å². The van der Waals surface area contributed by atoms with Crippen molar-refractivity contribution in [3.05, 3.63) is 0 Å². The first-order valence-electron chi connectivity index (χ1n) is 7.00. The highest BCUT2D eigenvalue weighted by Gasteiger charge is 2.26. The highest BCUT2D eigenvalue weighted by Crippen LogP contribution is 2.09. The van der Waals surface area contributed by atoms with Crippen molar-refractivity contribution in [1.29, 1.82) is 0 Å². The Hall–Kier alpha value is -1.79. The Kier molecular flexibility index (Phi) is 6.83. The molecule has 0 spiro atoms. The number of hydrogen-bond donors (Lipinski definition) is 3. The highest BCUT2D eigenvalue weighted by molar-refractivity contribution is 5.75. The molecule has 0 aromatic heterocycles. The Balaban J connectivity index is 2.08. The van der Waals surface area contributed by atoms with Gasteiger partial charge in [0.05, 0.1) is 0 Å². The van der Waals surface area contributed by atoms with E-state index >= 15 is 0 Å². The molecule has 0 radical (unpaired) electrons. The van der Waals surface area contributed by atoms with Gasteiger partial charge < -0.3 is 20.6 Å². The normalized spacial score (nSPS) is 17.9. The minimum absolute atomic E-state index is 0.0498. The molecule has 3 amide bonds. The van der Waals surface area contributed by atoms with E-state index in [-0.39, 0.29) is 24.4 Å². The van der Waals surface area contributed by atoms with Crippen LogP contribution in [0.5, 0.6) is 0 Å². The summed E-state index contributed by atoms with van der Waals surface area (Å²) in [5.74, 6) is -0.856. The summed E-state index contributed by atoms with van der Waals surface area (Å²) in [4.78, 5) is 34.8. The number of carbonyl (C=O) groups excluding carboxylic acids is 2. The van der Waals surface area contributed by atoms with E-state index in [9.17, 15) is 14.4 Å². The van der Waals surface area contributed by atoms with Gasteiger partial charge in [-0.1, -0.05) is 6.42 Å². The molecule has 1 heterocycles. The van der Waals surface area contributed by atoms with E-state index in [0.717, 1.165) is 19.3 Å². The van der Waals surface area contributed by atoms with Crippen LogP contribution in [0.4, 0.5) is 4.79 Å². The van der Waals surface area contributed by atoms with Gasteiger partial charge in [0, 0.05) is 39.0 Å². The van der Waals surface area contributed by atoms with Crippen LogP contribution < -0.4 is 10.6 Å². The zero-order valence-corrected chi connectivity index (χ0v) is 11.9. The number of amides is 3. The van der Waals surface area contributed by atoms with Crippen molar-refractivity contribution in [3.63, 3.8) is 0 Å². The first kappa shape index (κ1) is 16.3. The fraction of sp³-hybridized carbons (Fsp3) is 0.769. The van der Waals surface area contributed by atoms with Crippen LogP contribution in [0.1, 0.15) is 39.0 Å².